The lowest BCUT2D eigenvalue weighted by Crippen LogP contribution is -2.15. The zero-order valence-electron chi connectivity index (χ0n) is 10.3. The molecular formula is C11H20N4O2. The summed E-state index contributed by atoms with van der Waals surface area (Å²) in [6.07, 6.45) is 3.12. The molecule has 1 unspecified atom stereocenters. The number of hydrogen-bond acceptors (Lipinski definition) is 6. The Morgan fingerprint density at radius 1 is 1.59 bits per heavy atom. The highest BCUT2D eigenvalue weighted by Gasteiger charge is 2.08. The number of unbranched alkanes of at least 4 members (excludes halogenated alkanes) is 1. The number of hydrogen-bond donors (Lipinski definition) is 3. The zero-order valence-corrected chi connectivity index (χ0v) is 10.3. The van der Waals surface area contributed by atoms with Crippen molar-refractivity contribution in [2.75, 3.05) is 24.2 Å². The van der Waals surface area contributed by atoms with Gasteiger partial charge in [-0.25, -0.2) is 4.98 Å². The van der Waals surface area contributed by atoms with Gasteiger partial charge in [0.2, 0.25) is 5.95 Å². The topological polar surface area (TPSA) is 93.3 Å². The van der Waals surface area contributed by atoms with E-state index >= 15 is 0 Å². The molecule has 0 saturated heterocycles. The molecule has 17 heavy (non-hydrogen) atoms. The monoisotopic (exact) mass is 240 g/mol. The maximum Gasteiger partial charge on any atom is 0.222 e. The second-order valence-electron chi connectivity index (χ2n) is 3.88. The van der Waals surface area contributed by atoms with E-state index in [1.54, 1.807) is 6.92 Å². The molecule has 1 rings (SSSR count). The lowest BCUT2D eigenvalue weighted by molar-refractivity contribution is 0.122. The number of ether oxygens (including phenoxy) is 1. The van der Waals surface area contributed by atoms with Gasteiger partial charge in [-0.3, -0.25) is 0 Å². The molecule has 1 aromatic rings. The third kappa shape index (κ3) is 4.86. The summed E-state index contributed by atoms with van der Waals surface area (Å²) in [7, 11) is 0. The first-order valence-electron chi connectivity index (χ1n) is 5.80. The highest BCUT2D eigenvalue weighted by Crippen LogP contribution is 2.21. The van der Waals surface area contributed by atoms with Crippen LogP contribution in [0.2, 0.25) is 0 Å². The molecule has 0 spiro atoms. The second-order valence-corrected chi connectivity index (χ2v) is 3.88. The van der Waals surface area contributed by atoms with E-state index in [1.807, 2.05) is 0 Å². The van der Waals surface area contributed by atoms with E-state index in [9.17, 15) is 0 Å². The number of nitrogens with one attached hydrogen (secondary N) is 1. The molecule has 96 valence electrons. The Morgan fingerprint density at radius 3 is 3.00 bits per heavy atom. The van der Waals surface area contributed by atoms with Gasteiger partial charge in [-0.2, -0.15) is 4.98 Å². The summed E-state index contributed by atoms with van der Waals surface area (Å²) in [5, 5.41) is 12.3. The van der Waals surface area contributed by atoms with Gasteiger partial charge >= 0.3 is 0 Å². The van der Waals surface area contributed by atoms with Crippen molar-refractivity contribution in [3.63, 3.8) is 0 Å². The minimum absolute atomic E-state index is 0.202. The number of nitrogen functional groups attached to an aromatic ring is 1. The highest BCUT2D eigenvalue weighted by molar-refractivity contribution is 5.51. The maximum atomic E-state index is 9.16. The van der Waals surface area contributed by atoms with Crippen LogP contribution >= 0.6 is 0 Å². The van der Waals surface area contributed by atoms with Crippen LogP contribution in [0.25, 0.3) is 0 Å². The molecule has 0 radical (unpaired) electrons. The summed E-state index contributed by atoms with van der Waals surface area (Å²) in [5.41, 5.74) is 5.52. The molecule has 0 saturated carbocycles. The lowest BCUT2D eigenvalue weighted by Gasteiger charge is -2.13. The molecule has 0 aliphatic carbocycles. The molecule has 1 heterocycles. The van der Waals surface area contributed by atoms with Gasteiger partial charge in [0.15, 0.2) is 11.6 Å². The Kier molecular flexibility index (Phi) is 5.48. The molecule has 0 fully saturated rings. The van der Waals surface area contributed by atoms with Gasteiger partial charge in [0.25, 0.3) is 0 Å². The zero-order chi connectivity index (χ0) is 12.7. The fourth-order valence-electron chi connectivity index (χ4n) is 1.21. The van der Waals surface area contributed by atoms with Crippen LogP contribution in [-0.4, -0.2) is 34.3 Å². The summed E-state index contributed by atoms with van der Waals surface area (Å²) in [6, 6.07) is 0. The van der Waals surface area contributed by atoms with Crippen molar-refractivity contribution in [3.05, 3.63) is 6.20 Å². The standard InChI is InChI=1S/C11H20N4O2/c1-3-4-5-13-10-9(17-7-8(2)16)6-14-11(12)15-10/h6,8,16H,3-5,7H2,1-2H3,(H3,12,13,14,15). The Morgan fingerprint density at radius 2 is 2.35 bits per heavy atom. The van der Waals surface area contributed by atoms with Crippen LogP contribution in [0.3, 0.4) is 0 Å². The molecule has 1 aromatic heterocycles. The molecule has 0 aliphatic heterocycles. The first-order chi connectivity index (χ1) is 8.13. The molecular weight excluding hydrogens is 220 g/mol. The van der Waals surface area contributed by atoms with Gasteiger partial charge in [-0.05, 0) is 13.3 Å². The average Bonchev–Trinajstić information content (AvgIpc) is 2.28. The van der Waals surface area contributed by atoms with Crippen LogP contribution in [-0.2, 0) is 0 Å². The number of rotatable bonds is 7. The van der Waals surface area contributed by atoms with E-state index in [0.717, 1.165) is 19.4 Å². The lowest BCUT2D eigenvalue weighted by atomic mass is 10.3. The summed E-state index contributed by atoms with van der Waals surface area (Å²) in [4.78, 5) is 7.94. The van der Waals surface area contributed by atoms with Gasteiger partial charge in [-0.15, -0.1) is 0 Å². The molecule has 0 aromatic carbocycles. The predicted molar refractivity (Wildman–Crippen MR) is 67.0 cm³/mol. The summed E-state index contributed by atoms with van der Waals surface area (Å²) < 4.78 is 5.39. The van der Waals surface area contributed by atoms with Gasteiger partial charge < -0.3 is 20.9 Å². The minimum Gasteiger partial charge on any atom is -0.485 e. The van der Waals surface area contributed by atoms with Gasteiger partial charge in [0, 0.05) is 6.54 Å². The number of aromatic nitrogens is 2. The number of nitrogens with two attached hydrogens (primary N) is 1. The Bertz CT molecular complexity index is 344. The van der Waals surface area contributed by atoms with E-state index in [1.165, 1.54) is 6.20 Å². The Balaban J connectivity index is 2.66. The van der Waals surface area contributed by atoms with Gasteiger partial charge in [0.1, 0.15) is 6.61 Å². The number of anilines is 2. The number of aliphatic hydroxyl groups is 1. The fourth-order valence-corrected chi connectivity index (χ4v) is 1.21. The van der Waals surface area contributed by atoms with E-state index in [-0.39, 0.29) is 12.6 Å². The number of aliphatic hydroxyl groups excluding tert-OH is 1. The normalized spacial score (nSPS) is 12.2. The largest absolute Gasteiger partial charge is 0.485 e. The van der Waals surface area contributed by atoms with Crippen molar-refractivity contribution >= 4 is 11.8 Å². The van der Waals surface area contributed by atoms with Crippen molar-refractivity contribution < 1.29 is 9.84 Å². The molecule has 0 bridgehead atoms. The highest BCUT2D eigenvalue weighted by atomic mass is 16.5. The number of nitrogens with zero attached hydrogens (tertiary/aromatic N) is 2. The van der Waals surface area contributed by atoms with Crippen molar-refractivity contribution in [2.24, 2.45) is 0 Å². The smallest absolute Gasteiger partial charge is 0.222 e. The van der Waals surface area contributed by atoms with Crippen LogP contribution in [0.1, 0.15) is 26.7 Å². The van der Waals surface area contributed by atoms with E-state index in [0.29, 0.717) is 11.6 Å². The van der Waals surface area contributed by atoms with Crippen molar-refractivity contribution in [3.8, 4) is 5.75 Å². The van der Waals surface area contributed by atoms with Crippen molar-refractivity contribution in [2.45, 2.75) is 32.8 Å². The van der Waals surface area contributed by atoms with Crippen molar-refractivity contribution in [1.29, 1.82) is 0 Å². The summed E-state index contributed by atoms with van der Waals surface area (Å²) >= 11 is 0. The quantitative estimate of drug-likeness (QED) is 0.616. The van der Waals surface area contributed by atoms with Crippen LogP contribution in [0.4, 0.5) is 11.8 Å². The van der Waals surface area contributed by atoms with Crippen LogP contribution in [0.5, 0.6) is 5.75 Å². The Labute approximate surface area is 101 Å². The Hall–Kier alpha value is -1.56. The second kappa shape index (κ2) is 6.90. The summed E-state index contributed by atoms with van der Waals surface area (Å²) in [6.45, 7) is 4.77. The van der Waals surface area contributed by atoms with E-state index in [2.05, 4.69) is 22.2 Å². The molecule has 4 N–H and O–H groups in total. The van der Waals surface area contributed by atoms with Crippen LogP contribution in [0.15, 0.2) is 6.20 Å². The third-order valence-corrected chi connectivity index (χ3v) is 2.08. The summed E-state index contributed by atoms with van der Waals surface area (Å²) in [5.74, 6) is 1.29. The third-order valence-electron chi connectivity index (χ3n) is 2.08. The van der Waals surface area contributed by atoms with Gasteiger partial charge in [-0.1, -0.05) is 13.3 Å². The fraction of sp³-hybridized carbons (Fsp3) is 0.636. The van der Waals surface area contributed by atoms with Crippen LogP contribution in [0, 0.1) is 0 Å². The SMILES string of the molecule is CCCCNc1nc(N)ncc1OCC(C)O. The van der Waals surface area contributed by atoms with Gasteiger partial charge in [0.05, 0.1) is 12.3 Å². The minimum atomic E-state index is -0.531. The molecule has 0 amide bonds. The molecule has 6 nitrogen and oxygen atoms in total. The average molecular weight is 240 g/mol. The van der Waals surface area contributed by atoms with E-state index < -0.39 is 6.10 Å². The van der Waals surface area contributed by atoms with Crippen LogP contribution < -0.4 is 15.8 Å². The predicted octanol–water partition coefficient (Wildman–Crippen LogP) is 1.03. The first-order valence-corrected chi connectivity index (χ1v) is 5.80. The molecule has 6 heteroatoms. The molecule has 1 atom stereocenters. The first kappa shape index (κ1) is 13.5. The van der Waals surface area contributed by atoms with E-state index in [4.69, 9.17) is 15.6 Å². The van der Waals surface area contributed by atoms with Crippen molar-refractivity contribution in [1.82, 2.24) is 9.97 Å². The maximum absolute atomic E-state index is 9.16. The molecule has 0 aliphatic rings.